The van der Waals surface area contributed by atoms with E-state index < -0.39 is 114 Å². The van der Waals surface area contributed by atoms with E-state index in [1.54, 1.807) is 34.6 Å². The molecule has 2 aromatic heterocycles. The van der Waals surface area contributed by atoms with Gasteiger partial charge in [-0.1, -0.05) is 13.0 Å². The second kappa shape index (κ2) is 22.0. The van der Waals surface area contributed by atoms with Gasteiger partial charge < -0.3 is 68.3 Å². The number of carbonyl (C=O) groups is 8. The molecule has 78 heavy (non-hydrogen) atoms. The zero-order valence-corrected chi connectivity index (χ0v) is 44.1. The lowest BCUT2D eigenvalue weighted by atomic mass is 9.81. The molecule has 25 heteroatoms. The van der Waals surface area contributed by atoms with Gasteiger partial charge in [-0.25, -0.2) is 28.6 Å². The van der Waals surface area contributed by atoms with Crippen LogP contribution in [0.5, 0.6) is 5.75 Å². The fourth-order valence-corrected chi connectivity index (χ4v) is 10.0. The molecule has 0 spiro atoms. The van der Waals surface area contributed by atoms with Gasteiger partial charge in [-0.05, 0) is 87.4 Å². The van der Waals surface area contributed by atoms with E-state index in [-0.39, 0.29) is 78.3 Å². The maximum Gasteiger partial charge on any atom is 0.407 e. The lowest BCUT2D eigenvalue weighted by Crippen LogP contribution is -2.64. The van der Waals surface area contributed by atoms with Crippen molar-refractivity contribution in [2.24, 2.45) is 0 Å². The van der Waals surface area contributed by atoms with Crippen molar-refractivity contribution in [2.45, 2.75) is 149 Å². The number of hydrogen-bond acceptors (Lipinski definition) is 20. The van der Waals surface area contributed by atoms with Crippen LogP contribution in [-0.2, 0) is 98.4 Å². The van der Waals surface area contributed by atoms with E-state index in [1.807, 2.05) is 0 Å². The summed E-state index contributed by atoms with van der Waals surface area (Å²) in [6.45, 7) is 10.3. The zero-order valence-electron chi connectivity index (χ0n) is 44.1. The molecule has 4 N–H and O–H groups in total. The Morgan fingerprint density at radius 2 is 1.62 bits per heavy atom. The van der Waals surface area contributed by atoms with Crippen LogP contribution in [0.3, 0.4) is 0 Å². The topological polar surface area (TPSA) is 311 Å². The molecule has 4 aliphatic rings. The molecule has 1 aliphatic carbocycles. The first kappa shape index (κ1) is 56.0. The van der Waals surface area contributed by atoms with Gasteiger partial charge in [0, 0.05) is 56.3 Å². The third-order valence-corrected chi connectivity index (χ3v) is 13.5. The standard InChI is InChI=1S/C53H58FN5O19/c1-10-53(69)31-18-36-41-29(20-59(36)46(64)30(31)22-71-49(53)66)40-33(13-12-28-23(2)32(54)19-35(57-41)39(28)40)58-51(68)72-21-27-11-14-37(34(17-27)56-38(63)15-16-55-50(67)78-52(6,7)8)76-48-45(75-26(5)62)43(74-25(4)61)42(73-24(3)60)44(77-48)47(65)70-9/h11,14,17-19,33,42-45,48,69H,10,12-13,15-16,20-22H2,1-9H3,(H,55,67)(H,56,63)(H,58,68)/t33-,42-,43-,44-,45+,48+,53-/m0/s1. The quantitative estimate of drug-likeness (QED) is 0.0886. The summed E-state index contributed by atoms with van der Waals surface area (Å²) < 4.78 is 66.6. The molecule has 8 rings (SSSR count). The summed E-state index contributed by atoms with van der Waals surface area (Å²) in [6, 6.07) is 6.19. The summed E-state index contributed by atoms with van der Waals surface area (Å²) in [7, 11) is 1.02. The summed E-state index contributed by atoms with van der Waals surface area (Å²) in [4.78, 5) is 122. The number of halogens is 1. The Kier molecular flexibility index (Phi) is 15.8. The molecule has 4 aromatic rings. The average Bonchev–Trinajstić information content (AvgIpc) is 3.88. The Morgan fingerprint density at radius 3 is 2.28 bits per heavy atom. The smallest absolute Gasteiger partial charge is 0.407 e. The summed E-state index contributed by atoms with van der Waals surface area (Å²) in [5, 5.41) is 20.1. The predicted molar refractivity (Wildman–Crippen MR) is 265 cm³/mol. The van der Waals surface area contributed by atoms with Crippen LogP contribution in [0.1, 0.15) is 113 Å². The second-order valence-electron chi connectivity index (χ2n) is 20.0. The Bertz CT molecular complexity index is 3220. The Morgan fingerprint density at radius 1 is 0.923 bits per heavy atom. The molecule has 1 saturated heterocycles. The Labute approximate surface area is 444 Å². The number of hydrogen-bond donors (Lipinski definition) is 4. The van der Waals surface area contributed by atoms with Crippen molar-refractivity contribution in [3.05, 3.63) is 85.4 Å². The zero-order chi connectivity index (χ0) is 56.7. The van der Waals surface area contributed by atoms with E-state index in [0.717, 1.165) is 27.9 Å². The molecule has 3 amide bonds. The molecule has 2 aromatic carbocycles. The maximum atomic E-state index is 15.6. The highest BCUT2D eigenvalue weighted by Gasteiger charge is 2.56. The van der Waals surface area contributed by atoms with Crippen LogP contribution in [0, 0.1) is 12.7 Å². The van der Waals surface area contributed by atoms with E-state index in [4.69, 9.17) is 47.6 Å². The number of methoxy groups -OCH3 is 1. The molecular weight excluding hydrogens is 1030 g/mol. The number of esters is 5. The number of amides is 3. The minimum atomic E-state index is -2.10. The van der Waals surface area contributed by atoms with Crippen LogP contribution in [-0.4, -0.2) is 113 Å². The SMILES string of the molecule is CC[C@@]1(O)C(=O)OCc2c1cc1n(c2=O)Cc2c-1nc1cc(F)c(C)c3c1c2[C@@H](NC(=O)OCc1ccc(O[C@@H]2O[C@H](C(=O)OC)[C@@H](OC(C)=O)[C@H](OC(C)=O)[C@H]2OC(C)=O)c(NC(=O)CCNC(=O)OC(C)(C)C)c1)CC3. The minimum Gasteiger partial charge on any atom is -0.467 e. The van der Waals surface area contributed by atoms with E-state index >= 15 is 4.39 Å². The van der Waals surface area contributed by atoms with Gasteiger partial charge in [-0.2, -0.15) is 0 Å². The van der Waals surface area contributed by atoms with Crippen molar-refractivity contribution >= 4 is 64.5 Å². The van der Waals surface area contributed by atoms with Gasteiger partial charge in [0.25, 0.3) is 5.56 Å². The minimum absolute atomic E-state index is 0.00925. The van der Waals surface area contributed by atoms with E-state index in [0.29, 0.717) is 39.8 Å². The van der Waals surface area contributed by atoms with Gasteiger partial charge >= 0.3 is 42.0 Å². The van der Waals surface area contributed by atoms with Crippen LogP contribution in [0.15, 0.2) is 35.1 Å². The van der Waals surface area contributed by atoms with Crippen molar-refractivity contribution < 1.29 is 90.5 Å². The number of pyridine rings is 2. The summed E-state index contributed by atoms with van der Waals surface area (Å²) in [6.07, 6.45) is -10.2. The number of aliphatic hydroxyl groups is 1. The van der Waals surface area contributed by atoms with E-state index in [9.17, 15) is 48.3 Å². The van der Waals surface area contributed by atoms with Crippen LogP contribution in [0.4, 0.5) is 19.7 Å². The number of benzene rings is 2. The molecule has 0 saturated carbocycles. The van der Waals surface area contributed by atoms with Gasteiger partial charge in [0.1, 0.15) is 30.4 Å². The molecule has 416 valence electrons. The van der Waals surface area contributed by atoms with Crippen LogP contribution in [0.2, 0.25) is 0 Å². The first-order valence-electron chi connectivity index (χ1n) is 24.9. The molecule has 0 bridgehead atoms. The number of anilines is 1. The highest BCUT2D eigenvalue weighted by molar-refractivity contribution is 5.94. The van der Waals surface area contributed by atoms with Crippen LogP contribution in [0.25, 0.3) is 22.3 Å². The van der Waals surface area contributed by atoms with Crippen LogP contribution >= 0.6 is 0 Å². The Balaban J connectivity index is 1.09. The Hall–Kier alpha value is -8.19. The first-order valence-corrected chi connectivity index (χ1v) is 24.9. The molecular formula is C53H58FN5O19. The monoisotopic (exact) mass is 1090 g/mol. The number of cyclic esters (lactones) is 1. The third kappa shape index (κ3) is 11.3. The van der Waals surface area contributed by atoms with Crippen LogP contribution < -0.4 is 26.2 Å². The average molecular weight is 1090 g/mol. The summed E-state index contributed by atoms with van der Waals surface area (Å²) in [5.41, 5.74) is -0.0308. The molecule has 1 fully saturated rings. The number of fused-ring (bicyclic) bond motifs is 5. The molecule has 5 heterocycles. The number of nitrogens with zero attached hydrogens (tertiary/aromatic N) is 2. The number of aryl methyl sites for hydroxylation is 1. The predicted octanol–water partition coefficient (Wildman–Crippen LogP) is 4.37. The largest absolute Gasteiger partial charge is 0.467 e. The third-order valence-electron chi connectivity index (χ3n) is 13.5. The summed E-state index contributed by atoms with van der Waals surface area (Å²) >= 11 is 0. The molecule has 7 atom stereocenters. The van der Waals surface area contributed by atoms with Crippen molar-refractivity contribution in [2.75, 3.05) is 19.0 Å². The summed E-state index contributed by atoms with van der Waals surface area (Å²) in [5.74, 6) is -6.15. The number of aromatic nitrogens is 2. The highest BCUT2D eigenvalue weighted by Crippen LogP contribution is 2.46. The molecule has 3 aliphatic heterocycles. The lowest BCUT2D eigenvalue weighted by molar-refractivity contribution is -0.282. The van der Waals surface area contributed by atoms with Gasteiger partial charge in [-0.15, -0.1) is 0 Å². The fraction of sp³-hybridized carbons (Fsp3) is 0.472. The first-order chi connectivity index (χ1) is 36.8. The maximum absolute atomic E-state index is 15.6. The van der Waals surface area contributed by atoms with E-state index in [2.05, 4.69) is 16.0 Å². The molecule has 24 nitrogen and oxygen atoms in total. The normalized spacial score (nSPS) is 21.8. The number of alkyl carbamates (subject to hydrolysis) is 2. The number of nitrogens with one attached hydrogen (secondary N) is 3. The highest BCUT2D eigenvalue weighted by atomic mass is 19.1. The molecule has 0 unspecified atom stereocenters. The van der Waals surface area contributed by atoms with Crippen molar-refractivity contribution in [1.29, 1.82) is 0 Å². The van der Waals surface area contributed by atoms with Crippen molar-refractivity contribution in [1.82, 2.24) is 20.2 Å². The lowest BCUT2D eigenvalue weighted by Gasteiger charge is -2.43. The second-order valence-corrected chi connectivity index (χ2v) is 20.0. The van der Waals surface area contributed by atoms with E-state index in [1.165, 1.54) is 34.9 Å². The fourth-order valence-electron chi connectivity index (χ4n) is 10.0. The van der Waals surface area contributed by atoms with Gasteiger partial charge in [0.05, 0.1) is 47.9 Å². The van der Waals surface area contributed by atoms with Gasteiger partial charge in [0.2, 0.25) is 18.3 Å². The van der Waals surface area contributed by atoms with Crippen molar-refractivity contribution in [3.63, 3.8) is 0 Å². The molecule has 0 radical (unpaired) electrons. The van der Waals surface area contributed by atoms with Gasteiger partial charge in [-0.3, -0.25) is 24.0 Å². The number of ether oxygens (including phenoxy) is 9. The van der Waals surface area contributed by atoms with Crippen molar-refractivity contribution in [3.8, 4) is 17.1 Å². The number of carbonyl (C=O) groups excluding carboxylic acids is 8. The van der Waals surface area contributed by atoms with Gasteiger partial charge in [0.15, 0.2) is 23.9 Å². The number of rotatable bonds is 14.